The number of benzene rings is 4. The molecule has 0 fully saturated rings. The molecule has 5 nitrogen and oxygen atoms in total. The van der Waals surface area contributed by atoms with E-state index in [0.29, 0.717) is 11.8 Å². The Bertz CT molecular complexity index is 1640. The molecular formula is C33H35N5. The van der Waals surface area contributed by atoms with Gasteiger partial charge in [-0.05, 0) is 84.2 Å². The number of nitrogens with one attached hydrogen (secondary N) is 2. The van der Waals surface area contributed by atoms with Crippen LogP contribution in [0.1, 0.15) is 51.3 Å². The lowest BCUT2D eigenvalue weighted by Crippen LogP contribution is -2.17. The van der Waals surface area contributed by atoms with Crippen LogP contribution in [0.25, 0.3) is 55.1 Å². The Balaban J connectivity index is 1.43. The highest BCUT2D eigenvalue weighted by atomic mass is 15.1. The van der Waals surface area contributed by atoms with E-state index in [1.54, 1.807) is 0 Å². The van der Waals surface area contributed by atoms with Crippen molar-refractivity contribution in [3.63, 3.8) is 0 Å². The van der Waals surface area contributed by atoms with E-state index in [2.05, 4.69) is 129 Å². The predicted octanol–water partition coefficient (Wildman–Crippen LogP) is 8.31. The Morgan fingerprint density at radius 1 is 0.632 bits per heavy atom. The van der Waals surface area contributed by atoms with Crippen molar-refractivity contribution >= 4 is 32.8 Å². The minimum atomic E-state index is 0.225. The maximum atomic E-state index is 4.87. The zero-order chi connectivity index (χ0) is 26.6. The van der Waals surface area contributed by atoms with Gasteiger partial charge in [-0.25, -0.2) is 9.97 Å². The molecule has 0 amide bonds. The van der Waals surface area contributed by atoms with Crippen molar-refractivity contribution in [1.29, 1.82) is 0 Å². The van der Waals surface area contributed by atoms with Crippen molar-refractivity contribution in [2.75, 3.05) is 14.1 Å². The van der Waals surface area contributed by atoms with E-state index in [-0.39, 0.29) is 6.04 Å². The van der Waals surface area contributed by atoms with Crippen molar-refractivity contribution in [1.82, 2.24) is 24.8 Å². The summed E-state index contributed by atoms with van der Waals surface area (Å²) in [6, 6.07) is 26.5. The van der Waals surface area contributed by atoms with Crippen molar-refractivity contribution in [2.45, 2.75) is 39.7 Å². The average Bonchev–Trinajstić information content (AvgIpc) is 3.54. The van der Waals surface area contributed by atoms with Crippen molar-refractivity contribution < 1.29 is 0 Å². The van der Waals surface area contributed by atoms with E-state index in [1.165, 1.54) is 33.0 Å². The second kappa shape index (κ2) is 9.41. The van der Waals surface area contributed by atoms with Gasteiger partial charge in [0.05, 0.1) is 28.1 Å². The van der Waals surface area contributed by atoms with Crippen molar-refractivity contribution in [2.24, 2.45) is 5.92 Å². The summed E-state index contributed by atoms with van der Waals surface area (Å²) in [5.74, 6) is 2.98. The molecule has 6 rings (SSSR count). The van der Waals surface area contributed by atoms with Crippen molar-refractivity contribution in [3.8, 4) is 22.3 Å². The zero-order valence-corrected chi connectivity index (χ0v) is 23.0. The topological polar surface area (TPSA) is 60.6 Å². The minimum absolute atomic E-state index is 0.225. The highest BCUT2D eigenvalue weighted by molar-refractivity contribution is 6.05. The third-order valence-electron chi connectivity index (χ3n) is 8.15. The van der Waals surface area contributed by atoms with Crippen LogP contribution < -0.4 is 0 Å². The first-order valence-corrected chi connectivity index (χ1v) is 13.5. The van der Waals surface area contributed by atoms with Gasteiger partial charge in [0.25, 0.3) is 0 Å². The largest absolute Gasteiger partial charge is 0.342 e. The van der Waals surface area contributed by atoms with Crippen LogP contribution in [0.5, 0.6) is 0 Å². The smallest absolute Gasteiger partial charge is 0.124 e. The van der Waals surface area contributed by atoms with E-state index in [1.807, 2.05) is 0 Å². The second-order valence-electron chi connectivity index (χ2n) is 11.1. The van der Waals surface area contributed by atoms with Crippen LogP contribution in [-0.2, 0) is 0 Å². The summed E-state index contributed by atoms with van der Waals surface area (Å²) in [5.41, 5.74) is 9.00. The van der Waals surface area contributed by atoms with Gasteiger partial charge in [-0.3, -0.25) is 4.90 Å². The number of nitrogens with zero attached hydrogens (tertiary/aromatic N) is 3. The van der Waals surface area contributed by atoms with Gasteiger partial charge in [-0.15, -0.1) is 0 Å². The number of H-pyrrole nitrogens is 2. The highest BCUT2D eigenvalue weighted by Gasteiger charge is 2.16. The van der Waals surface area contributed by atoms with Gasteiger partial charge in [-0.1, -0.05) is 69.3 Å². The molecule has 0 aliphatic heterocycles. The summed E-state index contributed by atoms with van der Waals surface area (Å²) < 4.78 is 0. The fraction of sp³-hybridized carbons (Fsp3) is 0.273. The Labute approximate surface area is 223 Å². The molecule has 38 heavy (non-hydrogen) atoms. The molecular weight excluding hydrogens is 466 g/mol. The van der Waals surface area contributed by atoms with Crippen LogP contribution in [0.4, 0.5) is 0 Å². The summed E-state index contributed by atoms with van der Waals surface area (Å²) in [4.78, 5) is 19.0. The van der Waals surface area contributed by atoms with Crippen LogP contribution in [0.15, 0.2) is 72.8 Å². The van der Waals surface area contributed by atoms with Crippen molar-refractivity contribution in [3.05, 3.63) is 84.4 Å². The van der Waals surface area contributed by atoms with E-state index in [4.69, 9.17) is 9.97 Å². The normalized spacial score (nSPS) is 13.8. The maximum absolute atomic E-state index is 4.87. The molecule has 4 aromatic carbocycles. The van der Waals surface area contributed by atoms with Crippen LogP contribution in [-0.4, -0.2) is 38.9 Å². The number of aromatic nitrogens is 4. The van der Waals surface area contributed by atoms with Gasteiger partial charge in [-0.2, -0.15) is 0 Å². The number of hydrogen-bond acceptors (Lipinski definition) is 3. The maximum Gasteiger partial charge on any atom is 0.124 e. The zero-order valence-electron chi connectivity index (χ0n) is 23.0. The van der Waals surface area contributed by atoms with Gasteiger partial charge >= 0.3 is 0 Å². The molecule has 0 aliphatic rings. The molecule has 0 saturated heterocycles. The Hall–Kier alpha value is -3.96. The first kappa shape index (κ1) is 24.4. The molecule has 0 bridgehead atoms. The van der Waals surface area contributed by atoms with Crippen LogP contribution in [0.3, 0.4) is 0 Å². The van der Waals surface area contributed by atoms with Crippen LogP contribution in [0, 0.1) is 5.92 Å². The summed E-state index contributed by atoms with van der Waals surface area (Å²) in [6.45, 7) is 8.88. The standard InChI is InChI=1S/C33H35N5/c1-19(2)20(3)32-34-28-15-13-22(17-30(28)36-32)24-9-7-12-27-25(10-8-11-26(24)27)23-14-16-29-31(18-23)37-33(35-29)21(4)38(5)6/h7-21H,1-6H3,(H,34,36)(H,35,37). The van der Waals surface area contributed by atoms with Gasteiger partial charge in [0.15, 0.2) is 0 Å². The third kappa shape index (κ3) is 4.17. The van der Waals surface area contributed by atoms with E-state index < -0.39 is 0 Å². The molecule has 0 saturated carbocycles. The summed E-state index contributed by atoms with van der Waals surface area (Å²) in [5, 5.41) is 2.48. The molecule has 6 aromatic rings. The molecule has 0 radical (unpaired) electrons. The average molecular weight is 502 g/mol. The summed E-state index contributed by atoms with van der Waals surface area (Å²) in [6.07, 6.45) is 0. The molecule has 2 unspecified atom stereocenters. The van der Waals surface area contributed by atoms with Gasteiger partial charge in [0, 0.05) is 5.92 Å². The Morgan fingerprint density at radius 2 is 1.13 bits per heavy atom. The molecule has 0 spiro atoms. The summed E-state index contributed by atoms with van der Waals surface area (Å²) in [7, 11) is 4.15. The molecule has 2 atom stereocenters. The fourth-order valence-corrected chi connectivity index (χ4v) is 5.18. The molecule has 192 valence electrons. The monoisotopic (exact) mass is 501 g/mol. The molecule has 2 heterocycles. The van der Waals surface area contributed by atoms with E-state index in [9.17, 15) is 0 Å². The molecule has 2 aromatic heterocycles. The number of fused-ring (bicyclic) bond motifs is 3. The van der Waals surface area contributed by atoms with Crippen LogP contribution in [0.2, 0.25) is 0 Å². The van der Waals surface area contributed by atoms with E-state index >= 15 is 0 Å². The number of aromatic amines is 2. The van der Waals surface area contributed by atoms with E-state index in [0.717, 1.165) is 33.7 Å². The Kier molecular flexibility index (Phi) is 6.04. The second-order valence-corrected chi connectivity index (χ2v) is 11.1. The van der Waals surface area contributed by atoms with Crippen LogP contribution >= 0.6 is 0 Å². The quantitative estimate of drug-likeness (QED) is 0.241. The van der Waals surface area contributed by atoms with Gasteiger partial charge < -0.3 is 9.97 Å². The van der Waals surface area contributed by atoms with Gasteiger partial charge in [0.2, 0.25) is 0 Å². The number of rotatable bonds is 6. The first-order valence-electron chi connectivity index (χ1n) is 13.5. The fourth-order valence-electron chi connectivity index (χ4n) is 5.18. The lowest BCUT2D eigenvalue weighted by atomic mass is 9.93. The Morgan fingerprint density at radius 3 is 1.63 bits per heavy atom. The molecule has 0 aliphatic carbocycles. The predicted molar refractivity (Wildman–Crippen MR) is 159 cm³/mol. The minimum Gasteiger partial charge on any atom is -0.342 e. The number of imidazole rings is 2. The van der Waals surface area contributed by atoms with Gasteiger partial charge in [0.1, 0.15) is 11.6 Å². The highest BCUT2D eigenvalue weighted by Crippen LogP contribution is 2.36. The first-order chi connectivity index (χ1) is 18.3. The lowest BCUT2D eigenvalue weighted by molar-refractivity contribution is 0.310. The molecule has 5 heteroatoms. The molecule has 2 N–H and O–H groups in total. The SMILES string of the molecule is CC(C)C(C)c1nc2ccc(-c3cccc4c(-c5ccc6nc(C(C)N(C)C)[nH]c6c5)cccc34)cc2[nH]1. The summed E-state index contributed by atoms with van der Waals surface area (Å²) >= 11 is 0. The lowest BCUT2D eigenvalue weighted by Gasteiger charge is -2.16. The number of hydrogen-bond donors (Lipinski definition) is 2. The third-order valence-corrected chi connectivity index (χ3v) is 8.15.